The zero-order valence-corrected chi connectivity index (χ0v) is 19.6. The van der Waals surface area contributed by atoms with Crippen LogP contribution in [-0.4, -0.2) is 30.7 Å². The molecule has 27 heavy (non-hydrogen) atoms. The molecule has 2 aliphatic heterocycles. The molecule has 0 bridgehead atoms. The molecule has 0 aromatic carbocycles. The van der Waals surface area contributed by atoms with Crippen molar-refractivity contribution in [2.45, 2.75) is 113 Å². The summed E-state index contributed by atoms with van der Waals surface area (Å²) in [5.41, 5.74) is 0. The Hall–Kier alpha value is -0.120. The third-order valence-electron chi connectivity index (χ3n) is 8.30. The first-order valence-electron chi connectivity index (χ1n) is 11.6. The zero-order chi connectivity index (χ0) is 20.5. The predicted octanol–water partition coefficient (Wildman–Crippen LogP) is 6.16. The summed E-state index contributed by atoms with van der Waals surface area (Å²) >= 11 is 0. The predicted molar refractivity (Wildman–Crippen MR) is 113 cm³/mol. The van der Waals surface area contributed by atoms with Gasteiger partial charge in [-0.3, -0.25) is 0 Å². The van der Waals surface area contributed by atoms with Crippen molar-refractivity contribution >= 4 is 0 Å². The van der Waals surface area contributed by atoms with E-state index < -0.39 is 0 Å². The highest BCUT2D eigenvalue weighted by Crippen LogP contribution is 2.42. The van der Waals surface area contributed by atoms with E-state index in [0.29, 0.717) is 47.5 Å². The van der Waals surface area contributed by atoms with Crippen molar-refractivity contribution in [3.63, 3.8) is 0 Å². The van der Waals surface area contributed by atoms with Crippen LogP contribution in [0.2, 0.25) is 0 Å². The molecule has 0 aromatic heterocycles. The van der Waals surface area contributed by atoms with Gasteiger partial charge >= 0.3 is 0 Å². The first kappa shape index (κ1) is 23.2. The highest BCUT2D eigenvalue weighted by Gasteiger charge is 2.46. The summed E-state index contributed by atoms with van der Waals surface area (Å²) in [6.45, 7) is 23.0. The van der Waals surface area contributed by atoms with Gasteiger partial charge < -0.3 is 14.2 Å². The molecule has 2 fully saturated rings. The molecule has 0 aliphatic carbocycles. The van der Waals surface area contributed by atoms with E-state index in [0.717, 1.165) is 12.8 Å². The Morgan fingerprint density at radius 1 is 0.667 bits per heavy atom. The summed E-state index contributed by atoms with van der Waals surface area (Å²) in [5, 5.41) is 0. The first-order valence-corrected chi connectivity index (χ1v) is 11.6. The molecule has 0 spiro atoms. The third kappa shape index (κ3) is 4.73. The number of rotatable bonds is 6. The van der Waals surface area contributed by atoms with Gasteiger partial charge in [0.05, 0.1) is 24.4 Å². The van der Waals surface area contributed by atoms with Crippen LogP contribution in [0.4, 0.5) is 0 Å². The largest absolute Gasteiger partial charge is 0.372 e. The van der Waals surface area contributed by atoms with Crippen molar-refractivity contribution in [3.05, 3.63) is 0 Å². The fraction of sp³-hybridized carbons (Fsp3) is 1.00. The molecule has 0 N–H and O–H groups in total. The number of hydrogen-bond donors (Lipinski definition) is 0. The SMILES string of the molecule is CC[C@@H](C)C1O[C@H](OC2[C@@H](C)[C@H](C)C([C@H](C)CC)O[C@@H]2C)C(C)[C@@H](C)[C@@H]1C. The van der Waals surface area contributed by atoms with Gasteiger partial charge in [0.15, 0.2) is 6.29 Å². The highest BCUT2D eigenvalue weighted by atomic mass is 16.7. The molecule has 4 unspecified atom stereocenters. The van der Waals surface area contributed by atoms with E-state index in [1.807, 2.05) is 0 Å². The van der Waals surface area contributed by atoms with Gasteiger partial charge in [-0.05, 0) is 42.4 Å². The second-order valence-electron chi connectivity index (χ2n) is 9.94. The molecule has 0 saturated carbocycles. The molecule has 2 aliphatic rings. The van der Waals surface area contributed by atoms with Crippen LogP contribution in [0.25, 0.3) is 0 Å². The molecule has 12 atom stereocenters. The van der Waals surface area contributed by atoms with Gasteiger partial charge in [0.2, 0.25) is 0 Å². The summed E-state index contributed by atoms with van der Waals surface area (Å²) in [6, 6.07) is 0. The summed E-state index contributed by atoms with van der Waals surface area (Å²) in [4.78, 5) is 0. The van der Waals surface area contributed by atoms with Crippen LogP contribution in [0, 0.1) is 41.4 Å². The normalized spacial score (nSPS) is 48.2. The van der Waals surface area contributed by atoms with E-state index in [2.05, 4.69) is 69.2 Å². The van der Waals surface area contributed by atoms with Crippen LogP contribution < -0.4 is 0 Å². The average Bonchev–Trinajstić information content (AvgIpc) is 2.66. The van der Waals surface area contributed by atoms with E-state index in [1.165, 1.54) is 0 Å². The minimum absolute atomic E-state index is 0.103. The molecule has 160 valence electrons. The van der Waals surface area contributed by atoms with Gasteiger partial charge in [-0.1, -0.05) is 75.2 Å². The molecule has 3 nitrogen and oxygen atoms in total. The smallest absolute Gasteiger partial charge is 0.161 e. The maximum absolute atomic E-state index is 6.70. The van der Waals surface area contributed by atoms with Gasteiger partial charge in [0.25, 0.3) is 0 Å². The van der Waals surface area contributed by atoms with Crippen LogP contribution in [0.1, 0.15) is 82.1 Å². The topological polar surface area (TPSA) is 27.7 Å². The molecule has 0 aromatic rings. The van der Waals surface area contributed by atoms with Crippen molar-refractivity contribution < 1.29 is 14.2 Å². The monoisotopic (exact) mass is 382 g/mol. The van der Waals surface area contributed by atoms with E-state index in [1.54, 1.807) is 0 Å². The fourth-order valence-corrected chi connectivity index (χ4v) is 5.22. The van der Waals surface area contributed by atoms with Gasteiger partial charge in [0, 0.05) is 5.92 Å². The molecular formula is C24H46O3. The molecule has 2 heterocycles. The molecule has 2 rings (SSSR count). The lowest BCUT2D eigenvalue weighted by molar-refractivity contribution is -0.306. The van der Waals surface area contributed by atoms with Crippen molar-refractivity contribution in [2.24, 2.45) is 41.4 Å². The average molecular weight is 383 g/mol. The zero-order valence-electron chi connectivity index (χ0n) is 19.6. The van der Waals surface area contributed by atoms with Crippen LogP contribution in [0.3, 0.4) is 0 Å². The summed E-state index contributed by atoms with van der Waals surface area (Å²) in [5.74, 6) is 3.70. The Bertz CT molecular complexity index is 453. The lowest BCUT2D eigenvalue weighted by Crippen LogP contribution is -2.55. The first-order chi connectivity index (χ1) is 12.6. The maximum Gasteiger partial charge on any atom is 0.161 e. The molecular weight excluding hydrogens is 336 g/mol. The van der Waals surface area contributed by atoms with Gasteiger partial charge in [-0.2, -0.15) is 0 Å². The Labute approximate surface area is 168 Å². The van der Waals surface area contributed by atoms with E-state index in [4.69, 9.17) is 14.2 Å². The lowest BCUT2D eigenvalue weighted by Gasteiger charge is -2.50. The Morgan fingerprint density at radius 2 is 1.15 bits per heavy atom. The molecule has 0 amide bonds. The maximum atomic E-state index is 6.70. The second-order valence-corrected chi connectivity index (χ2v) is 9.94. The standard InChI is InChI=1S/C24H46O3/c1-11-13(3)21-17(7)18(8)23(20(10)25-21)27-24-19(9)15(5)16(6)22(26-24)14(4)12-2/h13-24H,11-12H2,1-10H3/t13-,14-,15+,16+,17+,18+,19?,20-,21?,22?,23?,24-/m1/s1. The van der Waals surface area contributed by atoms with E-state index in [9.17, 15) is 0 Å². The van der Waals surface area contributed by atoms with E-state index >= 15 is 0 Å². The summed E-state index contributed by atoms with van der Waals surface area (Å²) < 4.78 is 19.8. The minimum atomic E-state index is -0.124. The Kier molecular flexibility index (Phi) is 8.22. The van der Waals surface area contributed by atoms with Crippen molar-refractivity contribution in [3.8, 4) is 0 Å². The van der Waals surface area contributed by atoms with Crippen LogP contribution in [0.15, 0.2) is 0 Å². The number of hydrogen-bond acceptors (Lipinski definition) is 3. The van der Waals surface area contributed by atoms with Crippen molar-refractivity contribution in [2.75, 3.05) is 0 Å². The number of ether oxygens (including phenoxy) is 3. The second kappa shape index (κ2) is 9.59. The van der Waals surface area contributed by atoms with E-state index in [-0.39, 0.29) is 24.6 Å². The van der Waals surface area contributed by atoms with Crippen LogP contribution >= 0.6 is 0 Å². The van der Waals surface area contributed by atoms with Gasteiger partial charge in [0.1, 0.15) is 0 Å². The quantitative estimate of drug-likeness (QED) is 0.551. The van der Waals surface area contributed by atoms with Crippen LogP contribution in [-0.2, 0) is 14.2 Å². The minimum Gasteiger partial charge on any atom is -0.372 e. The molecule has 3 heteroatoms. The Balaban J connectivity index is 2.12. The fourth-order valence-electron chi connectivity index (χ4n) is 5.22. The van der Waals surface area contributed by atoms with Crippen molar-refractivity contribution in [1.29, 1.82) is 0 Å². The van der Waals surface area contributed by atoms with Crippen LogP contribution in [0.5, 0.6) is 0 Å². The lowest BCUT2D eigenvalue weighted by atomic mass is 9.74. The summed E-state index contributed by atoms with van der Waals surface area (Å²) in [7, 11) is 0. The van der Waals surface area contributed by atoms with Gasteiger partial charge in [-0.25, -0.2) is 0 Å². The summed E-state index contributed by atoms with van der Waals surface area (Å²) in [6.07, 6.45) is 3.02. The molecule has 0 radical (unpaired) electrons. The Morgan fingerprint density at radius 3 is 1.67 bits per heavy atom. The highest BCUT2D eigenvalue weighted by molar-refractivity contribution is 4.91. The van der Waals surface area contributed by atoms with Crippen molar-refractivity contribution in [1.82, 2.24) is 0 Å². The third-order valence-corrected chi connectivity index (χ3v) is 8.30. The molecule has 2 saturated heterocycles. The van der Waals surface area contributed by atoms with Gasteiger partial charge in [-0.15, -0.1) is 0 Å².